The van der Waals surface area contributed by atoms with Gasteiger partial charge >= 0.3 is 0 Å². The molecule has 0 radical (unpaired) electrons. The molecule has 0 saturated carbocycles. The molecule has 0 bridgehead atoms. The Hall–Kier alpha value is -3.10. The molecule has 11 nitrogen and oxygen atoms in total. The number of carbonyl (C=O) groups excluding carboxylic acids is 1. The van der Waals surface area contributed by atoms with E-state index in [2.05, 4.69) is 20.4 Å². The molecule has 14 heteroatoms. The van der Waals surface area contributed by atoms with E-state index in [1.807, 2.05) is 0 Å². The minimum absolute atomic E-state index is 0.0674. The Labute approximate surface area is 207 Å². The van der Waals surface area contributed by atoms with E-state index in [1.165, 1.54) is 6.07 Å². The highest BCUT2D eigenvalue weighted by molar-refractivity contribution is 6.32. The number of halogens is 3. The first-order valence-electron chi connectivity index (χ1n) is 11.0. The maximum atomic E-state index is 14.5. The van der Waals surface area contributed by atoms with E-state index in [9.17, 15) is 18.7 Å². The van der Waals surface area contributed by atoms with Gasteiger partial charge in [-0.25, -0.2) is 14.3 Å². The number of pyridine rings is 1. The zero-order valence-corrected chi connectivity index (χ0v) is 19.6. The maximum Gasteiger partial charge on any atom is 0.296 e. The van der Waals surface area contributed by atoms with Gasteiger partial charge in [0.1, 0.15) is 41.6 Å². The van der Waals surface area contributed by atoms with Gasteiger partial charge in [-0.3, -0.25) is 9.63 Å². The number of hydrogen-bond donors (Lipinski definition) is 3. The molecule has 0 spiro atoms. The molecule has 2 aliphatic heterocycles. The first-order valence-corrected chi connectivity index (χ1v) is 11.4. The molecule has 0 aliphatic carbocycles. The lowest BCUT2D eigenvalue weighted by Crippen LogP contribution is -2.34. The fourth-order valence-electron chi connectivity index (χ4n) is 3.93. The monoisotopic (exact) mass is 526 g/mol. The summed E-state index contributed by atoms with van der Waals surface area (Å²) >= 11 is 6.23. The van der Waals surface area contributed by atoms with Crippen molar-refractivity contribution in [1.82, 2.24) is 20.4 Å². The molecule has 3 aromatic rings. The summed E-state index contributed by atoms with van der Waals surface area (Å²) < 4.78 is 51.3. The number of H-pyrrole nitrogens is 1. The highest BCUT2D eigenvalue weighted by Gasteiger charge is 2.48. The molecule has 1 aromatic carbocycles. The fourth-order valence-corrected chi connectivity index (χ4v) is 4.14. The van der Waals surface area contributed by atoms with Crippen molar-refractivity contribution in [3.05, 3.63) is 46.0 Å². The number of aliphatic hydroxyl groups excluding tert-OH is 1. The molecule has 2 aliphatic rings. The molecule has 4 atom stereocenters. The van der Waals surface area contributed by atoms with Crippen molar-refractivity contribution in [2.24, 2.45) is 0 Å². The first-order chi connectivity index (χ1) is 17.3. The van der Waals surface area contributed by atoms with Crippen LogP contribution < -0.4 is 15.0 Å². The van der Waals surface area contributed by atoms with Gasteiger partial charge < -0.3 is 29.0 Å². The van der Waals surface area contributed by atoms with E-state index in [-0.39, 0.29) is 47.9 Å². The Morgan fingerprint density at radius 2 is 1.97 bits per heavy atom. The maximum absolute atomic E-state index is 14.5. The lowest BCUT2D eigenvalue weighted by Gasteiger charge is -2.15. The number of aliphatic hydroxyl groups is 1. The number of amides is 1. The molecule has 1 unspecified atom stereocenters. The number of hydroxylamine groups is 1. The predicted molar refractivity (Wildman–Crippen MR) is 119 cm³/mol. The second-order valence-electron chi connectivity index (χ2n) is 8.08. The van der Waals surface area contributed by atoms with Gasteiger partial charge in [0.25, 0.3) is 11.9 Å². The van der Waals surface area contributed by atoms with Crippen LogP contribution in [-0.4, -0.2) is 70.2 Å². The first kappa shape index (κ1) is 24.6. The lowest BCUT2D eigenvalue weighted by molar-refractivity contribution is 0.00706. The molecule has 4 heterocycles. The van der Waals surface area contributed by atoms with Crippen molar-refractivity contribution < 1.29 is 42.5 Å². The summed E-state index contributed by atoms with van der Waals surface area (Å²) in [5, 5.41) is 9.92. The molecule has 2 fully saturated rings. The predicted octanol–water partition coefficient (Wildman–Crippen LogP) is 2.06. The Morgan fingerprint density at radius 1 is 1.22 bits per heavy atom. The third-order valence-electron chi connectivity index (χ3n) is 5.68. The van der Waals surface area contributed by atoms with Crippen LogP contribution in [0, 0.1) is 11.6 Å². The number of ether oxygens (including phenoxy) is 4. The molecular formula is C22H21ClF2N4O7. The molecule has 5 rings (SSSR count). The topological polar surface area (TPSA) is 137 Å². The fraction of sp³-hybridized carbons (Fsp3) is 0.409. The van der Waals surface area contributed by atoms with Gasteiger partial charge in [0.2, 0.25) is 5.88 Å². The van der Waals surface area contributed by atoms with Crippen molar-refractivity contribution >= 4 is 28.7 Å². The number of imidazole rings is 1. The van der Waals surface area contributed by atoms with E-state index in [0.717, 1.165) is 12.1 Å². The van der Waals surface area contributed by atoms with Gasteiger partial charge in [-0.15, -0.1) is 0 Å². The molecule has 2 saturated heterocycles. The number of hydrogen-bond acceptors (Lipinski definition) is 9. The zero-order valence-electron chi connectivity index (χ0n) is 18.8. The summed E-state index contributed by atoms with van der Waals surface area (Å²) in [4.78, 5) is 28.0. The van der Waals surface area contributed by atoms with Gasteiger partial charge in [-0.1, -0.05) is 11.6 Å². The van der Waals surface area contributed by atoms with Crippen molar-refractivity contribution in [3.63, 3.8) is 0 Å². The number of rotatable bonds is 8. The summed E-state index contributed by atoms with van der Waals surface area (Å²) in [5.41, 5.74) is 2.03. The van der Waals surface area contributed by atoms with E-state index in [1.54, 1.807) is 6.92 Å². The van der Waals surface area contributed by atoms with Crippen molar-refractivity contribution in [1.29, 1.82) is 0 Å². The molecule has 2 aromatic heterocycles. The number of nitrogens with zero attached hydrogens (tertiary/aromatic N) is 2. The Balaban J connectivity index is 1.28. The summed E-state index contributed by atoms with van der Waals surface area (Å²) in [6.45, 7) is 1.68. The third-order valence-corrected chi connectivity index (χ3v) is 5.95. The average molecular weight is 527 g/mol. The number of aromatic nitrogens is 3. The van der Waals surface area contributed by atoms with E-state index in [0.29, 0.717) is 5.52 Å². The Morgan fingerprint density at radius 3 is 2.72 bits per heavy atom. The SMILES string of the molecule is CCONC(=O)c1cc(F)c(COc2nc3nc(O[C@@H]4COC5[C@H](O)CO[C@@H]54)[nH]c3cc2Cl)c(F)c1. The summed E-state index contributed by atoms with van der Waals surface area (Å²) in [6.07, 6.45) is -2.08. The Bertz CT molecular complexity index is 1270. The summed E-state index contributed by atoms with van der Waals surface area (Å²) in [5.74, 6) is -2.86. The highest BCUT2D eigenvalue weighted by Crippen LogP contribution is 2.31. The minimum atomic E-state index is -0.986. The molecular weight excluding hydrogens is 506 g/mol. The van der Waals surface area contributed by atoms with E-state index < -0.39 is 54.1 Å². The number of fused-ring (bicyclic) bond motifs is 2. The van der Waals surface area contributed by atoms with Crippen molar-refractivity contribution in [3.8, 4) is 11.9 Å². The molecule has 3 N–H and O–H groups in total. The van der Waals surface area contributed by atoms with Gasteiger partial charge in [-0.05, 0) is 25.1 Å². The molecule has 1 amide bonds. The standard InChI is InChI=1S/C22H21ClF2N4O7/c1-2-35-29-20(31)9-3-12(24)10(13(25)4-9)6-34-21-11(23)5-14-19(27-21)28-22(26-14)36-16-8-33-17-15(30)7-32-18(16)17/h3-5,15-18,30H,2,6-8H2,1H3,(H,29,31)(H,26,27,28)/t15-,16-,17?,18-/m1/s1. The van der Waals surface area contributed by atoms with Gasteiger partial charge in [-0.2, -0.15) is 9.97 Å². The van der Waals surface area contributed by atoms with Crippen molar-refractivity contribution in [2.75, 3.05) is 19.8 Å². The largest absolute Gasteiger partial charge is 0.471 e. The second kappa shape index (κ2) is 10.1. The molecule has 36 heavy (non-hydrogen) atoms. The molecule has 192 valence electrons. The van der Waals surface area contributed by atoms with Gasteiger partial charge in [0.05, 0.1) is 30.9 Å². The minimum Gasteiger partial charge on any atom is -0.471 e. The van der Waals surface area contributed by atoms with Crippen LogP contribution in [-0.2, 0) is 20.9 Å². The van der Waals surface area contributed by atoms with Crippen LogP contribution in [0.2, 0.25) is 5.02 Å². The highest BCUT2D eigenvalue weighted by atomic mass is 35.5. The van der Waals surface area contributed by atoms with Crippen LogP contribution >= 0.6 is 11.6 Å². The summed E-state index contributed by atoms with van der Waals surface area (Å²) in [7, 11) is 0. The zero-order chi connectivity index (χ0) is 25.4. The smallest absolute Gasteiger partial charge is 0.296 e. The van der Waals surface area contributed by atoms with Crippen LogP contribution in [0.25, 0.3) is 11.2 Å². The number of carbonyl (C=O) groups is 1. The normalized spacial score (nSPS) is 23.1. The van der Waals surface area contributed by atoms with Gasteiger partial charge in [0.15, 0.2) is 11.8 Å². The van der Waals surface area contributed by atoms with Crippen LogP contribution in [0.5, 0.6) is 11.9 Å². The van der Waals surface area contributed by atoms with Crippen molar-refractivity contribution in [2.45, 2.75) is 37.9 Å². The third kappa shape index (κ3) is 4.80. The van der Waals surface area contributed by atoms with Crippen LogP contribution in [0.4, 0.5) is 8.78 Å². The van der Waals surface area contributed by atoms with E-state index in [4.69, 9.17) is 35.4 Å². The van der Waals surface area contributed by atoms with Gasteiger partial charge in [0, 0.05) is 5.56 Å². The van der Waals surface area contributed by atoms with E-state index >= 15 is 0 Å². The second-order valence-corrected chi connectivity index (χ2v) is 8.49. The number of nitrogens with one attached hydrogen (secondary N) is 2. The van der Waals surface area contributed by atoms with Crippen LogP contribution in [0.15, 0.2) is 18.2 Å². The number of benzene rings is 1. The quantitative estimate of drug-likeness (QED) is 0.377. The van der Waals surface area contributed by atoms with Crippen LogP contribution in [0.3, 0.4) is 0 Å². The number of aromatic amines is 1. The average Bonchev–Trinajstić information content (AvgIpc) is 3.53. The summed E-state index contributed by atoms with van der Waals surface area (Å²) in [6, 6.07) is 3.35. The lowest BCUT2D eigenvalue weighted by atomic mass is 10.1. The Kier molecular flexibility index (Phi) is 6.90. The van der Waals surface area contributed by atoms with Crippen LogP contribution in [0.1, 0.15) is 22.8 Å².